The summed E-state index contributed by atoms with van der Waals surface area (Å²) in [6, 6.07) is 12.4. The number of benzene rings is 2. The Labute approximate surface area is 195 Å². The Hall–Kier alpha value is -3.01. The Balaban J connectivity index is 0.00000125. The van der Waals surface area contributed by atoms with Gasteiger partial charge in [-0.05, 0) is 68.1 Å². The van der Waals surface area contributed by atoms with Gasteiger partial charge < -0.3 is 32.9 Å². The number of nitrogens with one attached hydrogen (secondary N) is 2. The number of rotatable bonds is 12. The van der Waals surface area contributed by atoms with E-state index < -0.39 is 18.1 Å². The average Bonchev–Trinajstić information content (AvgIpc) is 2.78. The molecule has 0 aromatic heterocycles. The van der Waals surface area contributed by atoms with Crippen LogP contribution < -0.4 is 27.8 Å². The van der Waals surface area contributed by atoms with Gasteiger partial charge in [-0.2, -0.15) is 0 Å². The van der Waals surface area contributed by atoms with Gasteiger partial charge in [0.1, 0.15) is 6.04 Å². The van der Waals surface area contributed by atoms with Crippen LogP contribution in [0.4, 0.5) is 5.69 Å². The predicted molar refractivity (Wildman–Crippen MR) is 132 cm³/mol. The zero-order chi connectivity index (χ0) is 24.6. The van der Waals surface area contributed by atoms with E-state index in [1.165, 1.54) is 0 Å². The molecule has 0 bridgehead atoms. The molecule has 0 saturated heterocycles. The van der Waals surface area contributed by atoms with Crippen molar-refractivity contribution in [3.63, 3.8) is 0 Å². The van der Waals surface area contributed by atoms with Crippen molar-refractivity contribution in [1.29, 1.82) is 0 Å². The van der Waals surface area contributed by atoms with Gasteiger partial charge >= 0.3 is 0 Å². The van der Waals surface area contributed by atoms with Crippen molar-refractivity contribution >= 4 is 34.2 Å². The standard InChI is InChI=1S/C22H33N5O2.C2H4O2/c23-13-5-3-9-19(25)21(28)27-20(10-4-6-14-24)22(29)26-18-12-11-16-7-1-2-8-17(16)15-18;1-2(3)4/h1-2,7-8,11-12,15,19-20H,3-6,9-10,13-14,23-25H2,(H,26,29)(H,27,28);1H3,(H,3,4)/t19-,20-;/m0./s1. The molecule has 0 unspecified atom stereocenters. The van der Waals surface area contributed by atoms with E-state index in [2.05, 4.69) is 10.6 Å². The Morgan fingerprint density at radius 3 is 2.06 bits per heavy atom. The van der Waals surface area contributed by atoms with Gasteiger partial charge in [0.25, 0.3) is 5.97 Å². The first-order valence-electron chi connectivity index (χ1n) is 11.2. The minimum Gasteiger partial charge on any atom is -0.481 e. The Morgan fingerprint density at radius 1 is 0.879 bits per heavy atom. The molecule has 0 aliphatic rings. The molecule has 0 radical (unpaired) electrons. The molecule has 9 nitrogen and oxygen atoms in total. The zero-order valence-corrected chi connectivity index (χ0v) is 19.3. The second-order valence-electron chi connectivity index (χ2n) is 7.81. The third-order valence-electron chi connectivity index (χ3n) is 4.90. The number of hydrogen-bond donors (Lipinski definition) is 6. The lowest BCUT2D eigenvalue weighted by atomic mass is 10.1. The molecule has 0 aliphatic carbocycles. The number of hydrogen-bond acceptors (Lipinski definition) is 6. The van der Waals surface area contributed by atoms with E-state index in [0.29, 0.717) is 31.6 Å². The molecule has 0 heterocycles. The van der Waals surface area contributed by atoms with Gasteiger partial charge in [-0.3, -0.25) is 14.4 Å². The predicted octanol–water partition coefficient (Wildman–Crippen LogP) is 1.94. The summed E-state index contributed by atoms with van der Waals surface area (Å²) in [6.45, 7) is 2.20. The van der Waals surface area contributed by atoms with Crippen LogP contribution in [0.15, 0.2) is 42.5 Å². The lowest BCUT2D eigenvalue weighted by molar-refractivity contribution is -0.134. The number of aliphatic carboxylic acids is 1. The molecule has 0 fully saturated rings. The van der Waals surface area contributed by atoms with Gasteiger partial charge in [0.2, 0.25) is 11.8 Å². The minimum absolute atomic E-state index is 0.250. The first kappa shape index (κ1) is 28.0. The van der Waals surface area contributed by atoms with Gasteiger partial charge in [0, 0.05) is 12.6 Å². The summed E-state index contributed by atoms with van der Waals surface area (Å²) in [4.78, 5) is 34.3. The van der Waals surface area contributed by atoms with Crippen LogP contribution in [0.5, 0.6) is 0 Å². The number of carbonyl (C=O) groups excluding carboxylic acids is 2. The van der Waals surface area contributed by atoms with Crippen molar-refractivity contribution in [3.05, 3.63) is 42.5 Å². The fraction of sp³-hybridized carbons (Fsp3) is 0.458. The summed E-state index contributed by atoms with van der Waals surface area (Å²) >= 11 is 0. The van der Waals surface area contributed by atoms with Crippen LogP contribution >= 0.6 is 0 Å². The van der Waals surface area contributed by atoms with Gasteiger partial charge in [0.15, 0.2) is 0 Å². The van der Waals surface area contributed by atoms with Crippen LogP contribution in [-0.2, 0) is 14.4 Å². The number of unbranched alkanes of at least 4 members (excludes halogenated alkanes) is 2. The molecule has 0 aliphatic heterocycles. The quantitative estimate of drug-likeness (QED) is 0.263. The van der Waals surface area contributed by atoms with Crippen molar-refractivity contribution in [2.24, 2.45) is 17.2 Å². The van der Waals surface area contributed by atoms with E-state index in [4.69, 9.17) is 27.1 Å². The maximum atomic E-state index is 12.8. The highest BCUT2D eigenvalue weighted by Gasteiger charge is 2.23. The molecular formula is C24H37N5O4. The second kappa shape index (κ2) is 15.7. The second-order valence-corrected chi connectivity index (χ2v) is 7.81. The Morgan fingerprint density at radius 2 is 1.45 bits per heavy atom. The van der Waals surface area contributed by atoms with E-state index in [1.54, 1.807) is 0 Å². The van der Waals surface area contributed by atoms with Gasteiger partial charge in [-0.1, -0.05) is 36.8 Å². The summed E-state index contributed by atoms with van der Waals surface area (Å²) in [5, 5.41) is 15.3. The van der Waals surface area contributed by atoms with Crippen LogP contribution in [-0.4, -0.2) is 48.1 Å². The molecule has 2 aromatic rings. The number of amides is 2. The maximum absolute atomic E-state index is 12.8. The van der Waals surface area contributed by atoms with Crippen LogP contribution in [0.1, 0.15) is 45.4 Å². The summed E-state index contributed by atoms with van der Waals surface area (Å²) in [6.07, 6.45) is 4.20. The van der Waals surface area contributed by atoms with Crippen molar-refractivity contribution in [2.75, 3.05) is 18.4 Å². The third kappa shape index (κ3) is 11.4. The highest BCUT2D eigenvalue weighted by atomic mass is 16.4. The Bertz CT molecular complexity index is 886. The highest BCUT2D eigenvalue weighted by molar-refractivity contribution is 5.99. The van der Waals surface area contributed by atoms with Gasteiger partial charge in [0.05, 0.1) is 6.04 Å². The van der Waals surface area contributed by atoms with Gasteiger partial charge in [-0.25, -0.2) is 0 Å². The van der Waals surface area contributed by atoms with E-state index in [0.717, 1.165) is 43.4 Å². The van der Waals surface area contributed by atoms with E-state index in [1.807, 2.05) is 42.5 Å². The molecule has 182 valence electrons. The first-order chi connectivity index (χ1) is 15.8. The fourth-order valence-corrected chi connectivity index (χ4v) is 3.18. The first-order valence-corrected chi connectivity index (χ1v) is 11.2. The number of carboxylic acid groups (broad SMARTS) is 1. The van der Waals surface area contributed by atoms with E-state index in [9.17, 15) is 9.59 Å². The van der Waals surface area contributed by atoms with Crippen LogP contribution in [0.25, 0.3) is 10.8 Å². The molecule has 0 spiro atoms. The van der Waals surface area contributed by atoms with E-state index in [-0.39, 0.29) is 11.8 Å². The molecule has 0 saturated carbocycles. The highest BCUT2D eigenvalue weighted by Crippen LogP contribution is 2.19. The molecule has 2 atom stereocenters. The van der Waals surface area contributed by atoms with Crippen molar-refractivity contribution < 1.29 is 19.5 Å². The SMILES string of the molecule is CC(=O)O.NCCCC[C@H](NC(=O)[C@@H](N)CCCCN)C(=O)Nc1ccc2ccccc2c1. The number of nitrogens with two attached hydrogens (primary N) is 3. The van der Waals surface area contributed by atoms with Crippen molar-refractivity contribution in [1.82, 2.24) is 5.32 Å². The topological polar surface area (TPSA) is 174 Å². The molecule has 2 aromatic carbocycles. The van der Waals surface area contributed by atoms with Crippen molar-refractivity contribution in [3.8, 4) is 0 Å². The lowest BCUT2D eigenvalue weighted by Gasteiger charge is -2.21. The van der Waals surface area contributed by atoms with Gasteiger partial charge in [-0.15, -0.1) is 0 Å². The lowest BCUT2D eigenvalue weighted by Crippen LogP contribution is -2.50. The molecule has 33 heavy (non-hydrogen) atoms. The van der Waals surface area contributed by atoms with Crippen LogP contribution in [0.3, 0.4) is 0 Å². The smallest absolute Gasteiger partial charge is 0.300 e. The molecular weight excluding hydrogens is 422 g/mol. The fourth-order valence-electron chi connectivity index (χ4n) is 3.18. The van der Waals surface area contributed by atoms with Crippen molar-refractivity contribution in [2.45, 2.75) is 57.5 Å². The number of fused-ring (bicyclic) bond motifs is 1. The van der Waals surface area contributed by atoms with Crippen LogP contribution in [0.2, 0.25) is 0 Å². The summed E-state index contributed by atoms with van der Waals surface area (Å²) in [7, 11) is 0. The number of anilines is 1. The molecule has 9 N–H and O–H groups in total. The number of carboxylic acids is 1. The summed E-state index contributed by atoms with van der Waals surface area (Å²) in [5.41, 5.74) is 17.7. The largest absolute Gasteiger partial charge is 0.481 e. The van der Waals surface area contributed by atoms with E-state index >= 15 is 0 Å². The Kier molecular flexibility index (Phi) is 13.4. The maximum Gasteiger partial charge on any atom is 0.300 e. The molecule has 2 amide bonds. The average molecular weight is 460 g/mol. The normalized spacial score (nSPS) is 12.2. The summed E-state index contributed by atoms with van der Waals surface area (Å²) in [5.74, 6) is -1.40. The molecule has 2 rings (SSSR count). The third-order valence-corrected chi connectivity index (χ3v) is 4.90. The zero-order valence-electron chi connectivity index (χ0n) is 19.3. The number of carbonyl (C=O) groups is 3. The minimum atomic E-state index is -0.833. The summed E-state index contributed by atoms with van der Waals surface area (Å²) < 4.78 is 0. The monoisotopic (exact) mass is 459 g/mol. The van der Waals surface area contributed by atoms with Crippen LogP contribution in [0, 0.1) is 0 Å². The molecule has 9 heteroatoms.